The molecule has 28 heavy (non-hydrogen) atoms. The second-order valence-corrected chi connectivity index (χ2v) is 6.77. The van der Waals surface area contributed by atoms with Crippen LogP contribution in [0.5, 0.6) is 5.75 Å². The van der Waals surface area contributed by atoms with Crippen LogP contribution in [0.25, 0.3) is 0 Å². The predicted molar refractivity (Wildman–Crippen MR) is 124 cm³/mol. The van der Waals surface area contributed by atoms with Crippen molar-refractivity contribution in [1.29, 1.82) is 0 Å². The third-order valence-electron chi connectivity index (χ3n) is 4.20. The molecule has 2 rings (SSSR count). The van der Waals surface area contributed by atoms with Crippen LogP contribution in [0.15, 0.2) is 47.5 Å². The molecule has 0 heterocycles. The van der Waals surface area contributed by atoms with Gasteiger partial charge < -0.3 is 19.9 Å². The van der Waals surface area contributed by atoms with Gasteiger partial charge in [0, 0.05) is 39.3 Å². The molecule has 1 N–H and O–H groups in total. The molecule has 0 aliphatic carbocycles. The van der Waals surface area contributed by atoms with Crippen molar-refractivity contribution in [2.45, 2.75) is 19.6 Å². The van der Waals surface area contributed by atoms with Crippen LogP contribution in [0.3, 0.4) is 0 Å². The molecule has 0 atom stereocenters. The van der Waals surface area contributed by atoms with Crippen molar-refractivity contribution in [3.8, 4) is 5.75 Å². The van der Waals surface area contributed by atoms with Crippen molar-refractivity contribution < 1.29 is 9.13 Å². The Bertz CT molecular complexity index is 766. The maximum atomic E-state index is 13.9. The maximum Gasteiger partial charge on any atom is 0.193 e. The van der Waals surface area contributed by atoms with Gasteiger partial charge in [-0.2, -0.15) is 0 Å². The topological polar surface area (TPSA) is 40.1 Å². The highest BCUT2D eigenvalue weighted by molar-refractivity contribution is 14.0. The lowest BCUT2D eigenvalue weighted by atomic mass is 10.1. The van der Waals surface area contributed by atoms with E-state index in [0.717, 1.165) is 29.4 Å². The molecule has 2 aromatic carbocycles. The van der Waals surface area contributed by atoms with E-state index in [9.17, 15) is 4.39 Å². The minimum absolute atomic E-state index is 0. The van der Waals surface area contributed by atoms with E-state index < -0.39 is 0 Å². The summed E-state index contributed by atoms with van der Waals surface area (Å²) in [5.74, 6) is 1.45. The molecule has 0 aromatic heterocycles. The van der Waals surface area contributed by atoms with E-state index in [-0.39, 0.29) is 29.8 Å². The van der Waals surface area contributed by atoms with Crippen LogP contribution in [-0.4, -0.2) is 51.1 Å². The standard InChI is InChI=1S/C21H29FN4O.HI/c1-23-21(26(4)14-16-6-9-19(27-5)10-7-16)24-13-17-8-11-20(22)18(12-17)15-25(2)3;/h6-12H,13-15H2,1-5H3,(H,23,24);1H. The van der Waals surface area contributed by atoms with Crippen molar-refractivity contribution in [2.24, 2.45) is 4.99 Å². The monoisotopic (exact) mass is 500 g/mol. The minimum Gasteiger partial charge on any atom is -0.497 e. The quantitative estimate of drug-likeness (QED) is 0.358. The summed E-state index contributed by atoms with van der Waals surface area (Å²) in [6, 6.07) is 13.2. The fourth-order valence-electron chi connectivity index (χ4n) is 2.85. The van der Waals surface area contributed by atoms with E-state index in [1.807, 2.05) is 61.3 Å². The van der Waals surface area contributed by atoms with Crippen molar-refractivity contribution in [3.63, 3.8) is 0 Å². The molecule has 0 amide bonds. The zero-order chi connectivity index (χ0) is 19.8. The van der Waals surface area contributed by atoms with Gasteiger partial charge in [0.1, 0.15) is 11.6 Å². The van der Waals surface area contributed by atoms with Crippen molar-refractivity contribution in [1.82, 2.24) is 15.1 Å². The number of hydrogen-bond donors (Lipinski definition) is 1. The Morgan fingerprint density at radius 3 is 2.25 bits per heavy atom. The highest BCUT2D eigenvalue weighted by atomic mass is 127. The number of ether oxygens (including phenoxy) is 1. The largest absolute Gasteiger partial charge is 0.497 e. The first kappa shape index (κ1) is 24.2. The number of benzene rings is 2. The number of guanidine groups is 1. The number of halogens is 2. The van der Waals surface area contributed by atoms with E-state index >= 15 is 0 Å². The fourth-order valence-corrected chi connectivity index (χ4v) is 2.85. The van der Waals surface area contributed by atoms with Gasteiger partial charge in [0.25, 0.3) is 0 Å². The van der Waals surface area contributed by atoms with Gasteiger partial charge in [0.15, 0.2) is 5.96 Å². The van der Waals surface area contributed by atoms with Crippen LogP contribution in [0.2, 0.25) is 0 Å². The van der Waals surface area contributed by atoms with Crippen molar-refractivity contribution in [3.05, 3.63) is 65.0 Å². The first-order valence-electron chi connectivity index (χ1n) is 8.89. The average Bonchev–Trinajstić information content (AvgIpc) is 2.65. The molecule has 0 saturated carbocycles. The molecular formula is C21H30FIN4O. The van der Waals surface area contributed by atoms with Crippen LogP contribution < -0.4 is 10.1 Å². The van der Waals surface area contributed by atoms with Crippen LogP contribution in [-0.2, 0) is 19.6 Å². The number of hydrogen-bond acceptors (Lipinski definition) is 3. The summed E-state index contributed by atoms with van der Waals surface area (Å²) in [7, 11) is 9.27. The fraction of sp³-hybridized carbons (Fsp3) is 0.381. The van der Waals surface area contributed by atoms with Crippen LogP contribution in [0.1, 0.15) is 16.7 Å². The summed E-state index contributed by atoms with van der Waals surface area (Å²) in [6.45, 7) is 1.88. The third-order valence-corrected chi connectivity index (χ3v) is 4.20. The Kier molecular flexibility index (Phi) is 10.2. The lowest BCUT2D eigenvalue weighted by molar-refractivity contribution is 0.392. The highest BCUT2D eigenvalue weighted by Crippen LogP contribution is 2.14. The number of nitrogens with one attached hydrogen (secondary N) is 1. The Balaban J connectivity index is 0.00000392. The molecule has 0 aliphatic heterocycles. The SMILES string of the molecule is CN=C(NCc1ccc(F)c(CN(C)C)c1)N(C)Cc1ccc(OC)cc1.I. The Labute approximate surface area is 184 Å². The summed E-state index contributed by atoms with van der Waals surface area (Å²) in [6.07, 6.45) is 0. The number of rotatable bonds is 7. The molecule has 0 fully saturated rings. The number of aliphatic imine (C=N–C) groups is 1. The molecule has 2 aromatic rings. The summed E-state index contributed by atoms with van der Waals surface area (Å²) < 4.78 is 19.1. The van der Waals surface area contributed by atoms with Gasteiger partial charge in [-0.15, -0.1) is 24.0 Å². The van der Waals surface area contributed by atoms with E-state index in [4.69, 9.17) is 4.74 Å². The Morgan fingerprint density at radius 2 is 1.68 bits per heavy atom. The molecule has 7 heteroatoms. The average molecular weight is 500 g/mol. The highest BCUT2D eigenvalue weighted by Gasteiger charge is 2.09. The Hall–Kier alpha value is -1.87. The van der Waals surface area contributed by atoms with Crippen LogP contribution >= 0.6 is 24.0 Å². The van der Waals surface area contributed by atoms with E-state index in [1.54, 1.807) is 20.2 Å². The lowest BCUT2D eigenvalue weighted by Gasteiger charge is -2.22. The first-order valence-corrected chi connectivity index (χ1v) is 8.89. The molecule has 0 bridgehead atoms. The van der Waals surface area contributed by atoms with Crippen LogP contribution in [0.4, 0.5) is 4.39 Å². The third kappa shape index (κ3) is 7.27. The van der Waals surface area contributed by atoms with Gasteiger partial charge in [-0.1, -0.05) is 18.2 Å². The zero-order valence-electron chi connectivity index (χ0n) is 17.2. The number of methoxy groups -OCH3 is 1. The molecular weight excluding hydrogens is 470 g/mol. The molecule has 0 spiro atoms. The zero-order valence-corrected chi connectivity index (χ0v) is 19.5. The van der Waals surface area contributed by atoms with Crippen LogP contribution in [0, 0.1) is 5.82 Å². The van der Waals surface area contributed by atoms with Gasteiger partial charge in [0.2, 0.25) is 0 Å². The second-order valence-electron chi connectivity index (χ2n) is 6.77. The van der Waals surface area contributed by atoms with Gasteiger partial charge in [-0.25, -0.2) is 4.39 Å². The van der Waals surface area contributed by atoms with Gasteiger partial charge in [0.05, 0.1) is 7.11 Å². The summed E-state index contributed by atoms with van der Waals surface area (Å²) in [4.78, 5) is 8.35. The smallest absolute Gasteiger partial charge is 0.193 e. The van der Waals surface area contributed by atoms with E-state index in [1.165, 1.54) is 6.07 Å². The minimum atomic E-state index is -0.173. The molecule has 154 valence electrons. The maximum absolute atomic E-state index is 13.9. The predicted octanol–water partition coefficient (Wildman–Crippen LogP) is 3.72. The van der Waals surface area contributed by atoms with Gasteiger partial charge in [-0.3, -0.25) is 4.99 Å². The van der Waals surface area contributed by atoms with Crippen molar-refractivity contribution in [2.75, 3.05) is 35.3 Å². The Morgan fingerprint density at radius 1 is 1.04 bits per heavy atom. The number of nitrogens with zero attached hydrogens (tertiary/aromatic N) is 3. The lowest BCUT2D eigenvalue weighted by Crippen LogP contribution is -2.38. The van der Waals surface area contributed by atoms with Gasteiger partial charge in [-0.05, 0) is 49.5 Å². The first-order chi connectivity index (χ1) is 12.9. The molecule has 0 radical (unpaired) electrons. The van der Waals surface area contributed by atoms with E-state index in [0.29, 0.717) is 18.7 Å². The van der Waals surface area contributed by atoms with Crippen molar-refractivity contribution >= 4 is 29.9 Å². The normalized spacial score (nSPS) is 11.2. The molecule has 0 unspecified atom stereocenters. The van der Waals surface area contributed by atoms with Gasteiger partial charge >= 0.3 is 0 Å². The summed E-state index contributed by atoms with van der Waals surface area (Å²) >= 11 is 0. The molecule has 5 nitrogen and oxygen atoms in total. The van der Waals surface area contributed by atoms with E-state index in [2.05, 4.69) is 10.3 Å². The molecule has 0 aliphatic rings. The molecule has 0 saturated heterocycles. The summed E-state index contributed by atoms with van der Waals surface area (Å²) in [5.41, 5.74) is 2.88. The summed E-state index contributed by atoms with van der Waals surface area (Å²) in [5, 5.41) is 3.34. The second kappa shape index (κ2) is 11.9.